The number of H-pyrrole nitrogens is 1. The van der Waals surface area contributed by atoms with Gasteiger partial charge >= 0.3 is 11.9 Å². The maximum atomic E-state index is 11.9. The Morgan fingerprint density at radius 1 is 1.10 bits per heavy atom. The maximum absolute atomic E-state index is 11.9. The molecular formula is C25H30N2O4. The average Bonchev–Trinajstić information content (AvgIpc) is 3.14. The minimum absolute atomic E-state index is 0.154. The zero-order valence-corrected chi connectivity index (χ0v) is 18.8. The normalized spacial score (nSPS) is 11.9. The number of hydrogen-bond donors (Lipinski definition) is 2. The van der Waals surface area contributed by atoms with Gasteiger partial charge < -0.3 is 19.8 Å². The van der Waals surface area contributed by atoms with E-state index in [1.807, 2.05) is 26.0 Å². The SMILES string of the molecule is CCCC(C)c1c[nH]c2ccc(Oc3c(C)cc(NC(=O)C(=O)OCC)cc3C)cc12. The first-order chi connectivity index (χ1) is 14.8. The quantitative estimate of drug-likeness (QED) is 0.362. The molecule has 0 bridgehead atoms. The fourth-order valence-electron chi connectivity index (χ4n) is 3.86. The number of ether oxygens (including phenoxy) is 2. The van der Waals surface area contributed by atoms with Crippen LogP contribution in [0.2, 0.25) is 0 Å². The Hall–Kier alpha value is -3.28. The summed E-state index contributed by atoms with van der Waals surface area (Å²) in [5, 5.41) is 3.75. The third kappa shape index (κ3) is 5.08. The first-order valence-electron chi connectivity index (χ1n) is 10.7. The van der Waals surface area contributed by atoms with Gasteiger partial charge in [0.25, 0.3) is 0 Å². The minimum Gasteiger partial charge on any atom is -0.459 e. The standard InChI is InChI=1S/C25H30N2O4/c1-6-8-15(3)21-14-26-22-10-9-19(13-20(21)22)31-23-16(4)11-18(12-17(23)5)27-24(28)25(29)30-7-2/h9-15,26H,6-8H2,1-5H3,(H,27,28). The molecule has 1 unspecified atom stereocenters. The van der Waals surface area contributed by atoms with E-state index in [0.717, 1.165) is 41.0 Å². The summed E-state index contributed by atoms with van der Waals surface area (Å²) < 4.78 is 11.0. The summed E-state index contributed by atoms with van der Waals surface area (Å²) in [4.78, 5) is 26.8. The van der Waals surface area contributed by atoms with Crippen molar-refractivity contribution in [3.05, 3.63) is 53.2 Å². The third-order valence-corrected chi connectivity index (χ3v) is 5.34. The minimum atomic E-state index is -0.897. The Morgan fingerprint density at radius 2 is 1.81 bits per heavy atom. The van der Waals surface area contributed by atoms with Crippen LogP contribution < -0.4 is 10.1 Å². The summed E-state index contributed by atoms with van der Waals surface area (Å²) in [5.41, 5.74) is 4.63. The molecular weight excluding hydrogens is 392 g/mol. The highest BCUT2D eigenvalue weighted by Gasteiger charge is 2.17. The number of carbonyl (C=O) groups is 2. The van der Waals surface area contributed by atoms with Gasteiger partial charge in [0.05, 0.1) is 6.61 Å². The summed E-state index contributed by atoms with van der Waals surface area (Å²) >= 11 is 0. The molecule has 0 aliphatic carbocycles. The van der Waals surface area contributed by atoms with Gasteiger partial charge in [0, 0.05) is 22.8 Å². The number of nitrogens with one attached hydrogen (secondary N) is 2. The Kier molecular flexibility index (Phi) is 7.00. The Balaban J connectivity index is 1.84. The molecule has 1 aromatic heterocycles. The number of benzene rings is 2. The Bertz CT molecular complexity index is 1080. The zero-order chi connectivity index (χ0) is 22.5. The lowest BCUT2D eigenvalue weighted by Gasteiger charge is -2.15. The van der Waals surface area contributed by atoms with Crippen molar-refractivity contribution in [2.24, 2.45) is 0 Å². The Labute approximate surface area is 182 Å². The largest absolute Gasteiger partial charge is 0.459 e. The van der Waals surface area contributed by atoms with E-state index in [4.69, 9.17) is 9.47 Å². The zero-order valence-electron chi connectivity index (χ0n) is 18.8. The molecule has 0 aliphatic rings. The van der Waals surface area contributed by atoms with E-state index in [-0.39, 0.29) is 6.61 Å². The van der Waals surface area contributed by atoms with Crippen molar-refractivity contribution in [1.29, 1.82) is 0 Å². The second-order valence-electron chi connectivity index (χ2n) is 7.86. The number of aromatic nitrogens is 1. The van der Waals surface area contributed by atoms with Gasteiger partial charge in [-0.15, -0.1) is 0 Å². The lowest BCUT2D eigenvalue weighted by atomic mass is 9.96. The van der Waals surface area contributed by atoms with E-state index in [9.17, 15) is 9.59 Å². The van der Waals surface area contributed by atoms with E-state index < -0.39 is 11.9 Å². The number of esters is 1. The molecule has 1 amide bonds. The molecule has 6 heteroatoms. The molecule has 3 aromatic rings. The van der Waals surface area contributed by atoms with E-state index in [1.54, 1.807) is 19.1 Å². The van der Waals surface area contributed by atoms with Gasteiger partial charge in [-0.3, -0.25) is 4.79 Å². The predicted molar refractivity (Wildman–Crippen MR) is 123 cm³/mol. The topological polar surface area (TPSA) is 80.4 Å². The number of hydrogen-bond acceptors (Lipinski definition) is 4. The van der Waals surface area contributed by atoms with Crippen LogP contribution in [-0.2, 0) is 14.3 Å². The molecule has 2 N–H and O–H groups in total. The van der Waals surface area contributed by atoms with Crippen molar-refractivity contribution in [3.63, 3.8) is 0 Å². The lowest BCUT2D eigenvalue weighted by molar-refractivity contribution is -0.152. The number of anilines is 1. The van der Waals surface area contributed by atoms with Crippen molar-refractivity contribution >= 4 is 28.5 Å². The van der Waals surface area contributed by atoms with Crippen molar-refractivity contribution in [2.45, 2.75) is 53.4 Å². The highest BCUT2D eigenvalue weighted by atomic mass is 16.5. The molecule has 164 valence electrons. The van der Waals surface area contributed by atoms with E-state index in [2.05, 4.69) is 36.4 Å². The summed E-state index contributed by atoms with van der Waals surface area (Å²) in [6.07, 6.45) is 4.36. The number of rotatable bonds is 7. The van der Waals surface area contributed by atoms with Gasteiger partial charge in [0.15, 0.2) is 0 Å². The van der Waals surface area contributed by atoms with Gasteiger partial charge in [-0.2, -0.15) is 0 Å². The van der Waals surface area contributed by atoms with Crippen LogP contribution in [0, 0.1) is 13.8 Å². The fraction of sp³-hybridized carbons (Fsp3) is 0.360. The molecule has 0 spiro atoms. The summed E-state index contributed by atoms with van der Waals surface area (Å²) in [6, 6.07) is 9.61. The summed E-state index contributed by atoms with van der Waals surface area (Å²) in [7, 11) is 0. The average molecular weight is 423 g/mol. The Morgan fingerprint density at radius 3 is 2.45 bits per heavy atom. The molecule has 0 fully saturated rings. The molecule has 6 nitrogen and oxygen atoms in total. The van der Waals surface area contributed by atoms with Crippen LogP contribution in [0.3, 0.4) is 0 Å². The van der Waals surface area contributed by atoms with Crippen LogP contribution in [0.25, 0.3) is 10.9 Å². The van der Waals surface area contributed by atoms with Crippen molar-refractivity contribution in [1.82, 2.24) is 4.98 Å². The van der Waals surface area contributed by atoms with Gasteiger partial charge in [-0.1, -0.05) is 20.3 Å². The molecule has 1 atom stereocenters. The summed E-state index contributed by atoms with van der Waals surface area (Å²) in [6.45, 7) is 10.1. The smallest absolute Gasteiger partial charge is 0.397 e. The van der Waals surface area contributed by atoms with Gasteiger partial charge in [0.2, 0.25) is 0 Å². The number of aryl methyl sites for hydroxylation is 2. The van der Waals surface area contributed by atoms with Crippen LogP contribution in [-0.4, -0.2) is 23.5 Å². The molecule has 31 heavy (non-hydrogen) atoms. The number of amides is 1. The van der Waals surface area contributed by atoms with Crippen molar-refractivity contribution < 1.29 is 19.1 Å². The first-order valence-corrected chi connectivity index (χ1v) is 10.7. The van der Waals surface area contributed by atoms with Gasteiger partial charge in [-0.25, -0.2) is 4.79 Å². The second kappa shape index (κ2) is 9.69. The molecule has 3 rings (SSSR count). The molecule has 2 aromatic carbocycles. The van der Waals surface area contributed by atoms with Gasteiger partial charge in [0.1, 0.15) is 11.5 Å². The maximum Gasteiger partial charge on any atom is 0.397 e. The number of fused-ring (bicyclic) bond motifs is 1. The lowest BCUT2D eigenvalue weighted by Crippen LogP contribution is -2.25. The molecule has 0 saturated carbocycles. The van der Waals surface area contributed by atoms with Gasteiger partial charge in [-0.05, 0) is 80.1 Å². The predicted octanol–water partition coefficient (Wildman–Crippen LogP) is 5.98. The highest BCUT2D eigenvalue weighted by molar-refractivity contribution is 6.37. The van der Waals surface area contributed by atoms with Crippen LogP contribution in [0.1, 0.15) is 56.2 Å². The van der Waals surface area contributed by atoms with E-state index in [0.29, 0.717) is 11.6 Å². The number of carbonyl (C=O) groups excluding carboxylic acids is 2. The van der Waals surface area contributed by atoms with E-state index >= 15 is 0 Å². The number of aromatic amines is 1. The fourth-order valence-corrected chi connectivity index (χ4v) is 3.86. The first kappa shape index (κ1) is 22.4. The summed E-state index contributed by atoms with van der Waals surface area (Å²) in [5.74, 6) is 0.269. The van der Waals surface area contributed by atoms with Crippen LogP contribution in [0.15, 0.2) is 36.5 Å². The van der Waals surface area contributed by atoms with Crippen LogP contribution in [0.5, 0.6) is 11.5 Å². The van der Waals surface area contributed by atoms with E-state index in [1.165, 1.54) is 10.9 Å². The van der Waals surface area contributed by atoms with Crippen LogP contribution in [0.4, 0.5) is 5.69 Å². The molecule has 1 heterocycles. The third-order valence-electron chi connectivity index (χ3n) is 5.34. The second-order valence-corrected chi connectivity index (χ2v) is 7.86. The molecule has 0 saturated heterocycles. The van der Waals surface area contributed by atoms with Crippen molar-refractivity contribution in [2.75, 3.05) is 11.9 Å². The molecule has 0 aliphatic heterocycles. The highest BCUT2D eigenvalue weighted by Crippen LogP contribution is 2.35. The molecule has 0 radical (unpaired) electrons. The van der Waals surface area contributed by atoms with Crippen LogP contribution >= 0.6 is 0 Å². The van der Waals surface area contributed by atoms with Crippen molar-refractivity contribution in [3.8, 4) is 11.5 Å². The monoisotopic (exact) mass is 422 g/mol.